The quantitative estimate of drug-likeness (QED) is 0.460. The Hall–Kier alpha value is -1.71. The molecule has 1 aliphatic rings. The molecule has 0 spiro atoms. The van der Waals surface area contributed by atoms with Crippen LogP contribution >= 0.6 is 0 Å². The maximum Gasteiger partial charge on any atom is 0.273 e. The van der Waals surface area contributed by atoms with Crippen LogP contribution in [0.5, 0.6) is 0 Å². The lowest BCUT2D eigenvalue weighted by molar-refractivity contribution is -0.386. The Labute approximate surface area is 125 Å². The van der Waals surface area contributed by atoms with E-state index in [1.54, 1.807) is 12.1 Å². The summed E-state index contributed by atoms with van der Waals surface area (Å²) in [5.74, 6) is 0.605. The molecule has 0 saturated heterocycles. The highest BCUT2D eigenvalue weighted by Crippen LogP contribution is 2.33. The minimum Gasteiger partial charge on any atom is -0.294 e. The molecular formula is C17H23NO3. The smallest absolute Gasteiger partial charge is 0.273 e. The van der Waals surface area contributed by atoms with Crippen molar-refractivity contribution in [2.24, 2.45) is 5.92 Å². The molecule has 0 heterocycles. The number of hydrogen-bond acceptors (Lipinski definition) is 3. The summed E-state index contributed by atoms with van der Waals surface area (Å²) in [5.41, 5.74) is 0.980. The summed E-state index contributed by atoms with van der Waals surface area (Å²) in [6.07, 6.45) is 5.26. The van der Waals surface area contributed by atoms with Gasteiger partial charge in [-0.25, -0.2) is 0 Å². The van der Waals surface area contributed by atoms with Crippen LogP contribution in [0.4, 0.5) is 5.69 Å². The normalized spacial score (nSPS) is 16.1. The number of ketones is 1. The zero-order valence-electron chi connectivity index (χ0n) is 13.0. The van der Waals surface area contributed by atoms with Gasteiger partial charge in [0.15, 0.2) is 5.78 Å². The van der Waals surface area contributed by atoms with Crippen LogP contribution in [0.1, 0.15) is 68.8 Å². The van der Waals surface area contributed by atoms with Crippen molar-refractivity contribution in [2.75, 3.05) is 0 Å². The van der Waals surface area contributed by atoms with E-state index in [1.165, 1.54) is 18.9 Å². The standard InChI is InChI=1S/C17H23NO3/c1-17(2,3)14-11-13(8-9-15(14)18(20)21)16(19)10-12-6-4-5-7-12/h8-9,11-12H,4-7,10H2,1-3H3. The predicted octanol–water partition coefficient (Wildman–Crippen LogP) is 4.66. The molecule has 0 N–H and O–H groups in total. The highest BCUT2D eigenvalue weighted by molar-refractivity contribution is 5.96. The summed E-state index contributed by atoms with van der Waals surface area (Å²) < 4.78 is 0. The molecule has 0 unspecified atom stereocenters. The van der Waals surface area contributed by atoms with Crippen LogP contribution < -0.4 is 0 Å². The molecule has 4 heteroatoms. The Kier molecular flexibility index (Phi) is 4.45. The summed E-state index contributed by atoms with van der Waals surface area (Å²) in [7, 11) is 0. The predicted molar refractivity (Wildman–Crippen MR) is 82.7 cm³/mol. The van der Waals surface area contributed by atoms with Crippen molar-refractivity contribution in [3.05, 3.63) is 39.4 Å². The molecule has 1 aromatic carbocycles. The first-order valence-corrected chi connectivity index (χ1v) is 7.61. The number of carbonyl (C=O) groups is 1. The molecule has 21 heavy (non-hydrogen) atoms. The van der Waals surface area contributed by atoms with Gasteiger partial charge < -0.3 is 0 Å². The van der Waals surface area contributed by atoms with Crippen LogP contribution in [-0.2, 0) is 5.41 Å². The first kappa shape index (κ1) is 15.7. The number of Topliss-reactive ketones (excluding diaryl/α,β-unsaturated/α-hetero) is 1. The third kappa shape index (κ3) is 3.69. The third-order valence-corrected chi connectivity index (χ3v) is 4.27. The fourth-order valence-corrected chi connectivity index (χ4v) is 3.06. The first-order chi connectivity index (χ1) is 9.79. The van der Waals surface area contributed by atoms with Gasteiger partial charge in [-0.2, -0.15) is 0 Å². The summed E-state index contributed by atoms with van der Waals surface area (Å²) in [5, 5.41) is 11.1. The van der Waals surface area contributed by atoms with Gasteiger partial charge in [0, 0.05) is 23.6 Å². The van der Waals surface area contributed by atoms with E-state index in [0.717, 1.165) is 12.8 Å². The van der Waals surface area contributed by atoms with Gasteiger partial charge in [-0.1, -0.05) is 46.5 Å². The Morgan fingerprint density at radius 2 is 1.90 bits per heavy atom. The topological polar surface area (TPSA) is 60.2 Å². The van der Waals surface area contributed by atoms with Crippen LogP contribution in [0.15, 0.2) is 18.2 Å². The van der Waals surface area contributed by atoms with Crippen LogP contribution in [0.25, 0.3) is 0 Å². The molecule has 1 saturated carbocycles. The van der Waals surface area contributed by atoms with E-state index in [9.17, 15) is 14.9 Å². The van der Waals surface area contributed by atoms with Crippen molar-refractivity contribution < 1.29 is 9.72 Å². The minimum absolute atomic E-state index is 0.0971. The number of nitro benzene ring substituents is 1. The summed E-state index contributed by atoms with van der Waals surface area (Å²) >= 11 is 0. The monoisotopic (exact) mass is 289 g/mol. The van der Waals surface area contributed by atoms with Gasteiger partial charge in [0.1, 0.15) is 0 Å². The van der Waals surface area contributed by atoms with Gasteiger partial charge in [0.25, 0.3) is 5.69 Å². The molecular weight excluding hydrogens is 266 g/mol. The number of rotatable bonds is 4. The number of nitro groups is 1. The molecule has 1 aliphatic carbocycles. The molecule has 4 nitrogen and oxygen atoms in total. The van der Waals surface area contributed by atoms with Gasteiger partial charge in [0.2, 0.25) is 0 Å². The number of benzene rings is 1. The first-order valence-electron chi connectivity index (χ1n) is 7.61. The summed E-state index contributed by atoms with van der Waals surface area (Å²) in [6, 6.07) is 4.79. The van der Waals surface area contributed by atoms with Crippen LogP contribution in [0.2, 0.25) is 0 Å². The molecule has 2 rings (SSSR count). The van der Waals surface area contributed by atoms with Crippen molar-refractivity contribution >= 4 is 11.5 Å². The van der Waals surface area contributed by atoms with Crippen molar-refractivity contribution in [3.8, 4) is 0 Å². The fraction of sp³-hybridized carbons (Fsp3) is 0.588. The Morgan fingerprint density at radius 1 is 1.29 bits per heavy atom. The SMILES string of the molecule is CC(C)(C)c1cc(C(=O)CC2CCCC2)ccc1[N+](=O)[O-]. The molecule has 1 fully saturated rings. The summed E-state index contributed by atoms with van der Waals surface area (Å²) in [4.78, 5) is 23.2. The third-order valence-electron chi connectivity index (χ3n) is 4.27. The molecule has 1 aromatic rings. The Morgan fingerprint density at radius 3 is 2.43 bits per heavy atom. The average molecular weight is 289 g/mol. The molecule has 0 amide bonds. The summed E-state index contributed by atoms with van der Waals surface area (Å²) in [6.45, 7) is 5.79. The van der Waals surface area contributed by atoms with Crippen molar-refractivity contribution in [1.29, 1.82) is 0 Å². The minimum atomic E-state index is -0.369. The lowest BCUT2D eigenvalue weighted by Crippen LogP contribution is -2.15. The molecule has 0 aliphatic heterocycles. The highest BCUT2D eigenvalue weighted by atomic mass is 16.6. The van der Waals surface area contributed by atoms with E-state index < -0.39 is 0 Å². The van der Waals surface area contributed by atoms with Crippen molar-refractivity contribution in [3.63, 3.8) is 0 Å². The molecule has 0 aromatic heterocycles. The van der Waals surface area contributed by atoms with Crippen LogP contribution in [-0.4, -0.2) is 10.7 Å². The number of carbonyl (C=O) groups excluding carboxylic acids is 1. The largest absolute Gasteiger partial charge is 0.294 e. The Bertz CT molecular complexity index is 552. The fourth-order valence-electron chi connectivity index (χ4n) is 3.06. The van der Waals surface area contributed by atoms with E-state index in [1.807, 2.05) is 20.8 Å². The van der Waals surface area contributed by atoms with Crippen molar-refractivity contribution in [1.82, 2.24) is 0 Å². The van der Waals surface area contributed by atoms with Crippen LogP contribution in [0.3, 0.4) is 0 Å². The zero-order valence-corrected chi connectivity index (χ0v) is 13.0. The van der Waals surface area contributed by atoms with E-state index in [-0.39, 0.29) is 21.8 Å². The molecule has 114 valence electrons. The second-order valence-electron chi connectivity index (χ2n) is 7.02. The number of nitrogens with zero attached hydrogens (tertiary/aromatic N) is 1. The maximum absolute atomic E-state index is 12.4. The molecule has 0 atom stereocenters. The highest BCUT2D eigenvalue weighted by Gasteiger charge is 2.27. The average Bonchev–Trinajstić information content (AvgIpc) is 2.89. The van der Waals surface area contributed by atoms with E-state index in [0.29, 0.717) is 23.5 Å². The second kappa shape index (κ2) is 5.96. The molecule has 0 radical (unpaired) electrons. The van der Waals surface area contributed by atoms with Gasteiger partial charge in [-0.05, 0) is 23.5 Å². The van der Waals surface area contributed by atoms with E-state index in [4.69, 9.17) is 0 Å². The van der Waals surface area contributed by atoms with E-state index >= 15 is 0 Å². The van der Waals surface area contributed by atoms with Gasteiger partial charge >= 0.3 is 0 Å². The van der Waals surface area contributed by atoms with Gasteiger partial charge in [0.05, 0.1) is 4.92 Å². The zero-order chi connectivity index (χ0) is 15.6. The lowest BCUT2D eigenvalue weighted by atomic mass is 9.84. The van der Waals surface area contributed by atoms with Gasteiger partial charge in [-0.3, -0.25) is 14.9 Å². The van der Waals surface area contributed by atoms with Crippen molar-refractivity contribution in [2.45, 2.75) is 58.3 Å². The van der Waals surface area contributed by atoms with E-state index in [2.05, 4.69) is 0 Å². The lowest BCUT2D eigenvalue weighted by Gasteiger charge is -2.19. The molecule has 0 bridgehead atoms. The Balaban J connectivity index is 2.28. The van der Waals surface area contributed by atoms with Gasteiger partial charge in [-0.15, -0.1) is 0 Å². The van der Waals surface area contributed by atoms with Crippen LogP contribution in [0, 0.1) is 16.0 Å². The number of hydrogen-bond donors (Lipinski definition) is 0. The maximum atomic E-state index is 12.4. The second-order valence-corrected chi connectivity index (χ2v) is 7.02.